The zero-order chi connectivity index (χ0) is 18.3. The van der Waals surface area contributed by atoms with Crippen LogP contribution in [0.3, 0.4) is 0 Å². The topological polar surface area (TPSA) is 23.5 Å². The standard InChI is InChI=1S/C24H25NOS/c26-24(17-25-14-12-20(24)13-15-25)22-10-4-2-7-19(22)16-27-23-11-5-8-18-6-1-3-9-21(18)23/h1-11,20,26H,12-17H2. The molecular weight excluding hydrogens is 350 g/mol. The molecule has 3 fully saturated rings. The maximum absolute atomic E-state index is 11.6. The fourth-order valence-corrected chi connectivity index (χ4v) is 5.97. The minimum atomic E-state index is -0.688. The van der Waals surface area contributed by atoms with Crippen molar-refractivity contribution in [3.8, 4) is 0 Å². The van der Waals surface area contributed by atoms with Crippen molar-refractivity contribution >= 4 is 22.5 Å². The molecule has 3 aliphatic heterocycles. The van der Waals surface area contributed by atoms with Crippen molar-refractivity contribution in [2.24, 2.45) is 5.92 Å². The summed E-state index contributed by atoms with van der Waals surface area (Å²) < 4.78 is 0. The number of nitrogens with zero attached hydrogens (tertiary/aromatic N) is 1. The van der Waals surface area contributed by atoms with E-state index in [1.807, 2.05) is 11.8 Å². The molecule has 0 spiro atoms. The summed E-state index contributed by atoms with van der Waals surface area (Å²) in [5.74, 6) is 1.28. The van der Waals surface area contributed by atoms with E-state index in [0.717, 1.165) is 43.8 Å². The summed E-state index contributed by atoms with van der Waals surface area (Å²) in [6, 6.07) is 23.6. The zero-order valence-electron chi connectivity index (χ0n) is 15.5. The molecule has 3 heteroatoms. The van der Waals surface area contributed by atoms with Gasteiger partial charge in [0.1, 0.15) is 5.60 Å². The van der Waals surface area contributed by atoms with E-state index in [4.69, 9.17) is 0 Å². The van der Waals surface area contributed by atoms with E-state index < -0.39 is 5.60 Å². The van der Waals surface area contributed by atoms with Gasteiger partial charge in [-0.25, -0.2) is 0 Å². The highest BCUT2D eigenvalue weighted by molar-refractivity contribution is 7.98. The SMILES string of the molecule is OC1(c2ccccc2CSc2cccc3ccccc23)CN2CCC1CC2. The number of piperidine rings is 3. The highest BCUT2D eigenvalue weighted by atomic mass is 32.2. The van der Waals surface area contributed by atoms with E-state index in [9.17, 15) is 5.11 Å². The molecule has 3 saturated heterocycles. The molecule has 0 aromatic heterocycles. The first kappa shape index (κ1) is 17.3. The molecule has 3 aliphatic rings. The Bertz CT molecular complexity index is 958. The number of thioether (sulfide) groups is 1. The average Bonchev–Trinajstić information content (AvgIpc) is 2.73. The smallest absolute Gasteiger partial charge is 0.105 e. The zero-order valence-corrected chi connectivity index (χ0v) is 16.3. The van der Waals surface area contributed by atoms with Crippen LogP contribution in [0.4, 0.5) is 0 Å². The minimum Gasteiger partial charge on any atom is -0.384 e. The van der Waals surface area contributed by atoms with Crippen molar-refractivity contribution in [2.75, 3.05) is 19.6 Å². The van der Waals surface area contributed by atoms with Crippen LogP contribution in [-0.4, -0.2) is 29.6 Å². The summed E-state index contributed by atoms with van der Waals surface area (Å²) >= 11 is 1.88. The van der Waals surface area contributed by atoms with E-state index in [0.29, 0.717) is 5.92 Å². The molecule has 2 bridgehead atoms. The van der Waals surface area contributed by atoms with Gasteiger partial charge in [0.05, 0.1) is 0 Å². The largest absolute Gasteiger partial charge is 0.384 e. The lowest BCUT2D eigenvalue weighted by Gasteiger charge is -2.51. The molecule has 1 N–H and O–H groups in total. The lowest BCUT2D eigenvalue weighted by Crippen LogP contribution is -2.57. The fourth-order valence-electron chi connectivity index (χ4n) is 4.89. The maximum atomic E-state index is 11.6. The molecule has 0 aliphatic carbocycles. The molecule has 6 rings (SSSR count). The molecule has 2 nitrogen and oxygen atoms in total. The lowest BCUT2D eigenvalue weighted by atomic mass is 9.70. The number of benzene rings is 3. The van der Waals surface area contributed by atoms with Crippen LogP contribution >= 0.6 is 11.8 Å². The second kappa shape index (κ2) is 6.97. The summed E-state index contributed by atoms with van der Waals surface area (Å²) in [5.41, 5.74) is 1.73. The molecule has 0 radical (unpaired) electrons. The molecule has 3 aromatic carbocycles. The van der Waals surface area contributed by atoms with Crippen LogP contribution in [0.15, 0.2) is 71.6 Å². The van der Waals surface area contributed by atoms with Crippen LogP contribution < -0.4 is 0 Å². The van der Waals surface area contributed by atoms with E-state index in [1.165, 1.54) is 21.2 Å². The third-order valence-electron chi connectivity index (χ3n) is 6.34. The van der Waals surface area contributed by atoms with Gasteiger partial charge >= 0.3 is 0 Å². The van der Waals surface area contributed by atoms with Crippen molar-refractivity contribution in [2.45, 2.75) is 29.1 Å². The van der Waals surface area contributed by atoms with Gasteiger partial charge < -0.3 is 10.0 Å². The van der Waals surface area contributed by atoms with E-state index in [-0.39, 0.29) is 0 Å². The Morgan fingerprint density at radius 2 is 1.67 bits per heavy atom. The summed E-state index contributed by atoms with van der Waals surface area (Å²) in [4.78, 5) is 3.73. The molecule has 3 heterocycles. The lowest BCUT2D eigenvalue weighted by molar-refractivity contribution is -0.118. The van der Waals surface area contributed by atoms with Gasteiger partial charge in [-0.2, -0.15) is 0 Å². The monoisotopic (exact) mass is 375 g/mol. The van der Waals surface area contributed by atoms with Crippen LogP contribution in [0.25, 0.3) is 10.8 Å². The van der Waals surface area contributed by atoms with Crippen molar-refractivity contribution in [3.05, 3.63) is 77.9 Å². The van der Waals surface area contributed by atoms with Gasteiger partial charge in [0.2, 0.25) is 0 Å². The van der Waals surface area contributed by atoms with Gasteiger partial charge in [-0.1, -0.05) is 60.7 Å². The Morgan fingerprint density at radius 3 is 2.48 bits per heavy atom. The first-order chi connectivity index (χ1) is 13.2. The second-order valence-electron chi connectivity index (χ2n) is 7.90. The highest BCUT2D eigenvalue weighted by Crippen LogP contribution is 2.44. The number of aliphatic hydroxyl groups is 1. The number of hydrogen-bond donors (Lipinski definition) is 1. The number of fused-ring (bicyclic) bond motifs is 4. The Balaban J connectivity index is 1.45. The van der Waals surface area contributed by atoms with E-state index in [2.05, 4.69) is 71.6 Å². The maximum Gasteiger partial charge on any atom is 0.105 e. The molecule has 138 valence electrons. The third-order valence-corrected chi connectivity index (χ3v) is 7.47. The first-order valence-electron chi connectivity index (χ1n) is 9.88. The summed E-state index contributed by atoms with van der Waals surface area (Å²) in [6.07, 6.45) is 2.22. The van der Waals surface area contributed by atoms with Crippen molar-refractivity contribution in [3.63, 3.8) is 0 Å². The average molecular weight is 376 g/mol. The van der Waals surface area contributed by atoms with Crippen LogP contribution in [0, 0.1) is 5.92 Å². The van der Waals surface area contributed by atoms with Gasteiger partial charge in [-0.3, -0.25) is 0 Å². The van der Waals surface area contributed by atoms with Crippen LogP contribution in [0.1, 0.15) is 24.0 Å². The fraction of sp³-hybridized carbons (Fsp3) is 0.333. The summed E-state index contributed by atoms with van der Waals surface area (Å²) in [7, 11) is 0. The van der Waals surface area contributed by atoms with Gasteiger partial charge in [-0.05, 0) is 59.8 Å². The van der Waals surface area contributed by atoms with Crippen molar-refractivity contribution in [1.82, 2.24) is 4.90 Å². The Hall–Kier alpha value is -1.81. The molecular formula is C24H25NOS. The van der Waals surface area contributed by atoms with Gasteiger partial charge in [-0.15, -0.1) is 11.8 Å². The molecule has 3 aromatic rings. The van der Waals surface area contributed by atoms with Gasteiger partial charge in [0.15, 0.2) is 0 Å². The van der Waals surface area contributed by atoms with Gasteiger partial charge in [0.25, 0.3) is 0 Å². The molecule has 1 atom stereocenters. The normalized spacial score (nSPS) is 27.1. The molecule has 27 heavy (non-hydrogen) atoms. The summed E-state index contributed by atoms with van der Waals surface area (Å²) in [6.45, 7) is 3.06. The second-order valence-corrected chi connectivity index (χ2v) is 8.91. The predicted octanol–water partition coefficient (Wildman–Crippen LogP) is 5.05. The third kappa shape index (κ3) is 3.08. The van der Waals surface area contributed by atoms with Crippen LogP contribution in [0.5, 0.6) is 0 Å². The van der Waals surface area contributed by atoms with Crippen LogP contribution in [-0.2, 0) is 11.4 Å². The Kier molecular flexibility index (Phi) is 4.47. The van der Waals surface area contributed by atoms with E-state index in [1.54, 1.807) is 0 Å². The van der Waals surface area contributed by atoms with Crippen molar-refractivity contribution < 1.29 is 5.11 Å². The highest BCUT2D eigenvalue weighted by Gasteiger charge is 2.47. The molecule has 0 saturated carbocycles. The molecule has 1 unspecified atom stereocenters. The van der Waals surface area contributed by atoms with E-state index >= 15 is 0 Å². The Morgan fingerprint density at radius 1 is 0.926 bits per heavy atom. The van der Waals surface area contributed by atoms with Crippen molar-refractivity contribution in [1.29, 1.82) is 0 Å². The number of rotatable bonds is 4. The first-order valence-corrected chi connectivity index (χ1v) is 10.9. The number of hydrogen-bond acceptors (Lipinski definition) is 3. The predicted molar refractivity (Wildman–Crippen MR) is 113 cm³/mol. The Labute approximate surface area is 165 Å². The van der Waals surface area contributed by atoms with Gasteiger partial charge in [0, 0.05) is 17.2 Å². The minimum absolute atomic E-state index is 0.395. The van der Waals surface area contributed by atoms with Crippen LogP contribution in [0.2, 0.25) is 0 Å². The quantitative estimate of drug-likeness (QED) is 0.646. The molecule has 0 amide bonds. The summed E-state index contributed by atoms with van der Waals surface area (Å²) in [5, 5.41) is 14.2.